The largest absolute Gasteiger partial charge is 0.544 e. The Balaban J connectivity index is 4.30. The highest BCUT2D eigenvalue weighted by molar-refractivity contribution is 5.70. The van der Waals surface area contributed by atoms with E-state index in [4.69, 9.17) is 14.2 Å². The van der Waals surface area contributed by atoms with Gasteiger partial charge in [0.1, 0.15) is 12.6 Å². The Morgan fingerprint density at radius 3 is 1.34 bits per heavy atom. The fourth-order valence-electron chi connectivity index (χ4n) is 7.15. The van der Waals surface area contributed by atoms with Gasteiger partial charge in [0.25, 0.3) is 0 Å². The molecule has 2 atom stereocenters. The second-order valence-electron chi connectivity index (χ2n) is 17.7. The molecule has 0 heterocycles. The fourth-order valence-corrected chi connectivity index (χ4v) is 7.15. The molecule has 0 amide bonds. The second kappa shape index (κ2) is 42.2. The highest BCUT2D eigenvalue weighted by Gasteiger charge is 2.25. The molecular weight excluding hydrogens is 739 g/mol. The van der Waals surface area contributed by atoms with Crippen LogP contribution >= 0.6 is 0 Å². The van der Waals surface area contributed by atoms with Crippen LogP contribution < -0.4 is 5.11 Å². The lowest BCUT2D eigenvalue weighted by Crippen LogP contribution is -2.55. The number of hydrogen-bond acceptors (Lipinski definition) is 7. The number of likely N-dealkylation sites (N-methyl/N-ethyl adjacent to an activating group) is 1. The van der Waals surface area contributed by atoms with Gasteiger partial charge in [-0.1, -0.05) is 166 Å². The third-order valence-corrected chi connectivity index (χ3v) is 11.0. The maximum absolute atomic E-state index is 12.8. The van der Waals surface area contributed by atoms with Crippen LogP contribution in [0.15, 0.2) is 36.5 Å². The number of esters is 2. The number of allylic oxidation sites excluding steroid dienone is 6. The van der Waals surface area contributed by atoms with Crippen LogP contribution in [0.2, 0.25) is 0 Å². The Bertz CT molecular complexity index is 1060. The zero-order chi connectivity index (χ0) is 43.5. The van der Waals surface area contributed by atoms with Gasteiger partial charge in [-0.2, -0.15) is 0 Å². The molecule has 0 saturated heterocycles. The monoisotopic (exact) mass is 832 g/mol. The number of aliphatic carboxylic acids is 1. The third kappa shape index (κ3) is 40.7. The SMILES string of the molecule is CCCCCC/C=C\C/C=C\CCCCCCCCCC(=O)OC(COCCC(C(=O)[O-])[N+](C)(C)C)COC(=O)CCCCCCCCC/C=C\CCCCCCCC. The van der Waals surface area contributed by atoms with Crippen molar-refractivity contribution in [3.8, 4) is 0 Å². The molecular formula is C51H93NO7. The molecule has 0 spiro atoms. The van der Waals surface area contributed by atoms with Gasteiger partial charge < -0.3 is 28.6 Å². The first-order valence-corrected chi connectivity index (χ1v) is 24.5. The minimum atomic E-state index is -1.13. The number of unbranched alkanes of at least 4 members (excludes halogenated alkanes) is 24. The summed E-state index contributed by atoms with van der Waals surface area (Å²) in [4.78, 5) is 37.0. The average Bonchev–Trinajstić information content (AvgIpc) is 3.19. The molecule has 0 aliphatic heterocycles. The highest BCUT2D eigenvalue weighted by Crippen LogP contribution is 2.14. The fraction of sp³-hybridized carbons (Fsp3) is 0.824. The van der Waals surface area contributed by atoms with Gasteiger partial charge >= 0.3 is 11.9 Å². The van der Waals surface area contributed by atoms with E-state index < -0.39 is 18.1 Å². The topological polar surface area (TPSA) is 102 Å². The van der Waals surface area contributed by atoms with E-state index >= 15 is 0 Å². The van der Waals surface area contributed by atoms with Gasteiger partial charge in [-0.05, 0) is 70.6 Å². The molecule has 8 heteroatoms. The lowest BCUT2D eigenvalue weighted by Gasteiger charge is -2.34. The van der Waals surface area contributed by atoms with E-state index in [1.807, 2.05) is 0 Å². The molecule has 0 aliphatic carbocycles. The van der Waals surface area contributed by atoms with E-state index in [9.17, 15) is 19.5 Å². The summed E-state index contributed by atoms with van der Waals surface area (Å²) in [6.45, 7) is 4.65. The maximum atomic E-state index is 12.8. The lowest BCUT2D eigenvalue weighted by atomic mass is 10.1. The van der Waals surface area contributed by atoms with Crippen LogP contribution in [0.3, 0.4) is 0 Å². The quantitative estimate of drug-likeness (QED) is 0.0261. The molecule has 0 aromatic rings. The average molecular weight is 832 g/mol. The summed E-state index contributed by atoms with van der Waals surface area (Å²) in [6.07, 6.45) is 48.8. The summed E-state index contributed by atoms with van der Waals surface area (Å²) in [5.41, 5.74) is 0. The van der Waals surface area contributed by atoms with Gasteiger partial charge in [0.2, 0.25) is 0 Å². The molecule has 344 valence electrons. The normalized spacial score (nSPS) is 13.2. The molecule has 2 unspecified atom stereocenters. The Morgan fingerprint density at radius 1 is 0.508 bits per heavy atom. The molecule has 0 radical (unpaired) electrons. The van der Waals surface area contributed by atoms with E-state index in [-0.39, 0.29) is 42.7 Å². The molecule has 0 aromatic carbocycles. The van der Waals surface area contributed by atoms with Crippen LogP contribution in [-0.4, -0.2) is 75.5 Å². The summed E-state index contributed by atoms with van der Waals surface area (Å²) in [6, 6.07) is -0.727. The van der Waals surface area contributed by atoms with Crippen molar-refractivity contribution in [3.63, 3.8) is 0 Å². The number of nitrogens with zero attached hydrogens (tertiary/aromatic N) is 1. The molecule has 0 bridgehead atoms. The maximum Gasteiger partial charge on any atom is 0.306 e. The zero-order valence-corrected chi connectivity index (χ0v) is 39.2. The van der Waals surface area contributed by atoms with Crippen LogP contribution in [0.4, 0.5) is 0 Å². The van der Waals surface area contributed by atoms with Crippen LogP contribution in [0.25, 0.3) is 0 Å². The molecule has 0 rings (SSSR count). The molecule has 0 N–H and O–H groups in total. The molecule has 8 nitrogen and oxygen atoms in total. The van der Waals surface area contributed by atoms with Gasteiger partial charge in [-0.15, -0.1) is 0 Å². The van der Waals surface area contributed by atoms with Crippen LogP contribution in [0, 0.1) is 0 Å². The van der Waals surface area contributed by atoms with Crippen molar-refractivity contribution in [3.05, 3.63) is 36.5 Å². The van der Waals surface area contributed by atoms with Crippen molar-refractivity contribution >= 4 is 17.9 Å². The van der Waals surface area contributed by atoms with E-state index in [0.29, 0.717) is 12.8 Å². The summed E-state index contributed by atoms with van der Waals surface area (Å²) in [7, 11) is 5.41. The first-order chi connectivity index (χ1) is 28.6. The minimum absolute atomic E-state index is 0.0376. The number of rotatable bonds is 44. The Labute approximate surface area is 364 Å². The standard InChI is InChI=1S/C51H93NO7/c1-6-8-10-12-14-16-18-20-22-24-26-28-30-32-34-36-38-40-42-50(54)59-47(45-57-44-43-48(51(55)56)52(3,4)5)46-58-49(53)41-39-37-35-33-31-29-27-25-23-21-19-17-15-13-11-9-7-2/h16,18,21-24,47-48H,6-15,17,19-20,25-46H2,1-5H3/b18-16-,23-21-,24-22-. The van der Waals surface area contributed by atoms with Crippen molar-refractivity contribution in [2.24, 2.45) is 0 Å². The van der Waals surface area contributed by atoms with Gasteiger partial charge in [-0.25, -0.2) is 0 Å². The first-order valence-electron chi connectivity index (χ1n) is 24.5. The first kappa shape index (κ1) is 56.5. The van der Waals surface area contributed by atoms with Gasteiger partial charge in [0, 0.05) is 19.3 Å². The van der Waals surface area contributed by atoms with Gasteiger partial charge in [0.15, 0.2) is 6.10 Å². The van der Waals surface area contributed by atoms with Crippen LogP contribution in [0.5, 0.6) is 0 Å². The van der Waals surface area contributed by atoms with E-state index in [0.717, 1.165) is 51.4 Å². The minimum Gasteiger partial charge on any atom is -0.544 e. The number of ether oxygens (including phenoxy) is 3. The Morgan fingerprint density at radius 2 is 0.898 bits per heavy atom. The summed E-state index contributed by atoms with van der Waals surface area (Å²) in [5.74, 6) is -1.74. The van der Waals surface area contributed by atoms with Crippen LogP contribution in [0.1, 0.15) is 219 Å². The number of carbonyl (C=O) groups is 3. The summed E-state index contributed by atoms with van der Waals surface area (Å²) in [5, 5.41) is 11.6. The number of quaternary nitrogens is 1. The smallest absolute Gasteiger partial charge is 0.306 e. The number of carboxylic acid groups (broad SMARTS) is 1. The molecule has 59 heavy (non-hydrogen) atoms. The summed E-state index contributed by atoms with van der Waals surface area (Å²) < 4.78 is 17.2. The number of hydrogen-bond donors (Lipinski definition) is 0. The predicted molar refractivity (Wildman–Crippen MR) is 245 cm³/mol. The molecule has 0 aliphatic rings. The molecule has 0 saturated carbocycles. The zero-order valence-electron chi connectivity index (χ0n) is 39.2. The van der Waals surface area contributed by atoms with Crippen molar-refractivity contribution in [1.82, 2.24) is 0 Å². The number of carbonyl (C=O) groups excluding carboxylic acids is 3. The highest BCUT2D eigenvalue weighted by atomic mass is 16.6. The Hall–Kier alpha value is -2.45. The Kier molecular flexibility index (Phi) is 40.5. The molecule has 0 fully saturated rings. The second-order valence-corrected chi connectivity index (χ2v) is 17.7. The third-order valence-electron chi connectivity index (χ3n) is 11.0. The van der Waals surface area contributed by atoms with Gasteiger partial charge in [-0.3, -0.25) is 9.59 Å². The predicted octanol–water partition coefficient (Wildman–Crippen LogP) is 12.5. The van der Waals surface area contributed by atoms with Crippen molar-refractivity contribution in [2.75, 3.05) is 41.0 Å². The van der Waals surface area contributed by atoms with Crippen LogP contribution in [-0.2, 0) is 28.6 Å². The van der Waals surface area contributed by atoms with E-state index in [2.05, 4.69) is 50.3 Å². The summed E-state index contributed by atoms with van der Waals surface area (Å²) >= 11 is 0. The van der Waals surface area contributed by atoms with Crippen molar-refractivity contribution in [1.29, 1.82) is 0 Å². The number of carboxylic acids is 1. The lowest BCUT2D eigenvalue weighted by molar-refractivity contribution is -0.889. The van der Waals surface area contributed by atoms with Gasteiger partial charge in [0.05, 0.1) is 40.3 Å². The van der Waals surface area contributed by atoms with Crippen molar-refractivity contribution < 1.29 is 38.2 Å². The van der Waals surface area contributed by atoms with E-state index in [1.54, 1.807) is 21.1 Å². The molecule has 0 aromatic heterocycles. The van der Waals surface area contributed by atoms with E-state index in [1.165, 1.54) is 135 Å². The van der Waals surface area contributed by atoms with Crippen molar-refractivity contribution in [2.45, 2.75) is 231 Å².